The second-order valence-corrected chi connectivity index (χ2v) is 5.97. The third-order valence-electron chi connectivity index (χ3n) is 4.71. The van der Waals surface area contributed by atoms with Crippen molar-refractivity contribution in [2.45, 2.75) is 32.1 Å². The van der Waals surface area contributed by atoms with Gasteiger partial charge in [0.15, 0.2) is 0 Å². The van der Waals surface area contributed by atoms with E-state index in [0.29, 0.717) is 0 Å². The van der Waals surface area contributed by atoms with Crippen LogP contribution in [0.2, 0.25) is 0 Å². The first kappa shape index (κ1) is 11.5. The molecule has 5 rings (SSSR count). The van der Waals surface area contributed by atoms with E-state index >= 15 is 0 Å². The Kier molecular flexibility index (Phi) is 2.28. The summed E-state index contributed by atoms with van der Waals surface area (Å²) in [5.74, 6) is 1.03. The fraction of sp³-hybridized carbons (Fsp3) is 0.333. The van der Waals surface area contributed by atoms with Gasteiger partial charge in [0.25, 0.3) is 0 Å². The molecule has 0 N–H and O–H groups in total. The quantitative estimate of drug-likeness (QED) is 0.588. The maximum atomic E-state index is 5.90. The molecule has 2 aromatic carbocycles. The van der Waals surface area contributed by atoms with Crippen LogP contribution in [0, 0.1) is 0 Å². The summed E-state index contributed by atoms with van der Waals surface area (Å²) in [6.45, 7) is 0.761. The van der Waals surface area contributed by atoms with E-state index in [2.05, 4.69) is 24.3 Å². The minimum absolute atomic E-state index is 0.761. The smallest absolute Gasteiger partial charge is 0.132 e. The van der Waals surface area contributed by atoms with Crippen LogP contribution in [0.4, 0.5) is 0 Å². The van der Waals surface area contributed by atoms with Crippen LogP contribution in [0.5, 0.6) is 5.75 Å². The van der Waals surface area contributed by atoms with Gasteiger partial charge in [-0.05, 0) is 25.7 Å². The topological polar surface area (TPSA) is 35.0 Å². The van der Waals surface area contributed by atoms with Crippen molar-refractivity contribution >= 4 is 21.8 Å². The zero-order valence-corrected chi connectivity index (χ0v) is 11.9. The van der Waals surface area contributed by atoms with Crippen LogP contribution in [0.25, 0.3) is 21.8 Å². The summed E-state index contributed by atoms with van der Waals surface area (Å²) in [5, 5.41) is 2.36. The van der Waals surface area contributed by atoms with Crippen molar-refractivity contribution in [2.75, 3.05) is 6.61 Å². The molecule has 21 heavy (non-hydrogen) atoms. The highest BCUT2D eigenvalue weighted by molar-refractivity contribution is 6.09. The molecule has 104 valence electrons. The van der Waals surface area contributed by atoms with Gasteiger partial charge in [-0.25, -0.2) is 9.97 Å². The fourth-order valence-electron chi connectivity index (χ4n) is 3.70. The van der Waals surface area contributed by atoms with Gasteiger partial charge in [-0.3, -0.25) is 0 Å². The van der Waals surface area contributed by atoms with Crippen molar-refractivity contribution in [1.82, 2.24) is 9.97 Å². The van der Waals surface area contributed by atoms with E-state index in [0.717, 1.165) is 42.7 Å². The Morgan fingerprint density at radius 2 is 1.52 bits per heavy atom. The molecule has 2 aliphatic rings. The summed E-state index contributed by atoms with van der Waals surface area (Å²) < 4.78 is 5.90. The first-order chi connectivity index (χ1) is 10.4. The first-order valence-electron chi connectivity index (χ1n) is 7.78. The van der Waals surface area contributed by atoms with Crippen molar-refractivity contribution in [3.8, 4) is 5.75 Å². The second kappa shape index (κ2) is 4.17. The number of fused-ring (bicyclic) bond motifs is 7. The van der Waals surface area contributed by atoms with Crippen molar-refractivity contribution < 1.29 is 4.74 Å². The number of rotatable bonds is 0. The molecule has 2 heterocycles. The number of hydrogen-bond donors (Lipinski definition) is 0. The monoisotopic (exact) mass is 276 g/mol. The van der Waals surface area contributed by atoms with Crippen LogP contribution in [0.15, 0.2) is 24.3 Å². The maximum absolute atomic E-state index is 5.90. The van der Waals surface area contributed by atoms with Gasteiger partial charge in [0.1, 0.15) is 5.75 Å². The van der Waals surface area contributed by atoms with Crippen LogP contribution in [-0.2, 0) is 19.3 Å². The lowest BCUT2D eigenvalue weighted by Crippen LogP contribution is -2.09. The molecule has 1 aliphatic carbocycles. The number of aromatic nitrogens is 2. The number of nitrogens with zero attached hydrogens (tertiary/aromatic N) is 2. The standard InChI is InChI=1S/C18H16N2O/c1-2-6-12-11(5-1)16-17(13-9-10-21-18(12)13)20-15-8-4-3-7-14(15)19-16/h1-2,5-6H,3-4,7-10H2. The predicted molar refractivity (Wildman–Crippen MR) is 82.9 cm³/mol. The molecule has 0 radical (unpaired) electrons. The van der Waals surface area contributed by atoms with Gasteiger partial charge in [-0.15, -0.1) is 0 Å². The molecule has 3 heteroatoms. The average molecular weight is 276 g/mol. The summed E-state index contributed by atoms with van der Waals surface area (Å²) in [5.41, 5.74) is 5.80. The lowest BCUT2D eigenvalue weighted by Gasteiger charge is -2.16. The second-order valence-electron chi connectivity index (χ2n) is 5.97. The molecule has 0 amide bonds. The summed E-state index contributed by atoms with van der Waals surface area (Å²) >= 11 is 0. The average Bonchev–Trinajstić information content (AvgIpc) is 3.03. The fourth-order valence-corrected chi connectivity index (χ4v) is 3.70. The molecule has 0 atom stereocenters. The van der Waals surface area contributed by atoms with E-state index in [-0.39, 0.29) is 0 Å². The van der Waals surface area contributed by atoms with Gasteiger partial charge < -0.3 is 4.74 Å². The van der Waals surface area contributed by atoms with Crippen LogP contribution < -0.4 is 4.74 Å². The molecule has 3 aromatic rings. The van der Waals surface area contributed by atoms with Crippen LogP contribution in [-0.4, -0.2) is 16.6 Å². The van der Waals surface area contributed by atoms with Gasteiger partial charge in [0.05, 0.1) is 29.0 Å². The van der Waals surface area contributed by atoms with Crippen molar-refractivity contribution in [1.29, 1.82) is 0 Å². The van der Waals surface area contributed by atoms with Gasteiger partial charge in [-0.1, -0.05) is 24.3 Å². The Morgan fingerprint density at radius 1 is 0.810 bits per heavy atom. The highest BCUT2D eigenvalue weighted by Crippen LogP contribution is 2.40. The maximum Gasteiger partial charge on any atom is 0.132 e. The zero-order chi connectivity index (χ0) is 13.8. The van der Waals surface area contributed by atoms with Crippen LogP contribution in [0.1, 0.15) is 29.8 Å². The molecule has 1 aromatic heterocycles. The molecule has 0 saturated heterocycles. The molecule has 0 fully saturated rings. The van der Waals surface area contributed by atoms with Crippen molar-refractivity contribution in [3.05, 3.63) is 41.2 Å². The van der Waals surface area contributed by atoms with Crippen LogP contribution >= 0.6 is 0 Å². The molecule has 0 spiro atoms. The summed E-state index contributed by atoms with van der Waals surface area (Å²) in [4.78, 5) is 10.00. The first-order valence-corrected chi connectivity index (χ1v) is 7.78. The van der Waals surface area contributed by atoms with E-state index in [1.807, 2.05) is 0 Å². The third-order valence-corrected chi connectivity index (χ3v) is 4.71. The molecule has 0 unspecified atom stereocenters. The largest absolute Gasteiger partial charge is 0.492 e. The molecule has 0 bridgehead atoms. The van der Waals surface area contributed by atoms with E-state index in [1.165, 1.54) is 40.6 Å². The highest BCUT2D eigenvalue weighted by Gasteiger charge is 2.23. The Bertz CT molecular complexity index is 885. The Labute approximate surface area is 123 Å². The summed E-state index contributed by atoms with van der Waals surface area (Å²) in [6.07, 6.45) is 5.56. The Morgan fingerprint density at radius 3 is 2.33 bits per heavy atom. The molecule has 0 saturated carbocycles. The number of aryl methyl sites for hydroxylation is 2. The minimum atomic E-state index is 0.761. The number of benzene rings is 2. The highest BCUT2D eigenvalue weighted by atomic mass is 16.5. The van der Waals surface area contributed by atoms with Crippen LogP contribution in [0.3, 0.4) is 0 Å². The summed E-state index contributed by atoms with van der Waals surface area (Å²) in [7, 11) is 0. The zero-order valence-electron chi connectivity index (χ0n) is 11.9. The van der Waals surface area contributed by atoms with E-state index in [4.69, 9.17) is 14.7 Å². The predicted octanol–water partition coefficient (Wildman–Crippen LogP) is 3.60. The van der Waals surface area contributed by atoms with Crippen molar-refractivity contribution in [2.24, 2.45) is 0 Å². The van der Waals surface area contributed by atoms with E-state index in [9.17, 15) is 0 Å². The van der Waals surface area contributed by atoms with Gasteiger partial charge >= 0.3 is 0 Å². The SMILES string of the molecule is c1ccc2c(c1)c1c(c3nc4c(nc32)CCCC4)CCO1. The third kappa shape index (κ3) is 1.54. The lowest BCUT2D eigenvalue weighted by molar-refractivity contribution is 0.360. The van der Waals surface area contributed by atoms with E-state index in [1.54, 1.807) is 0 Å². The molecular formula is C18H16N2O. The number of hydrogen-bond acceptors (Lipinski definition) is 3. The van der Waals surface area contributed by atoms with Crippen molar-refractivity contribution in [3.63, 3.8) is 0 Å². The summed E-state index contributed by atoms with van der Waals surface area (Å²) in [6, 6.07) is 8.43. The Hall–Kier alpha value is -2.16. The van der Waals surface area contributed by atoms with E-state index < -0.39 is 0 Å². The minimum Gasteiger partial charge on any atom is -0.492 e. The normalized spacial score (nSPS) is 16.8. The Balaban J connectivity index is 1.98. The lowest BCUT2D eigenvalue weighted by atomic mass is 9.97. The molecule has 1 aliphatic heterocycles. The number of ether oxygens (including phenoxy) is 1. The molecule has 3 nitrogen and oxygen atoms in total. The van der Waals surface area contributed by atoms with Gasteiger partial charge in [-0.2, -0.15) is 0 Å². The molecular weight excluding hydrogens is 260 g/mol. The van der Waals surface area contributed by atoms with Gasteiger partial charge in [0, 0.05) is 22.8 Å². The van der Waals surface area contributed by atoms with Gasteiger partial charge in [0.2, 0.25) is 0 Å².